The number of ether oxygens (including phenoxy) is 1. The van der Waals surface area contributed by atoms with Gasteiger partial charge in [-0.2, -0.15) is 0 Å². The molecular formula is C25H34N2O4S2. The molecular weight excluding hydrogens is 456 g/mol. The molecule has 2 aromatic carbocycles. The predicted octanol–water partition coefficient (Wildman–Crippen LogP) is 5.12. The van der Waals surface area contributed by atoms with E-state index in [-0.39, 0.29) is 16.7 Å². The quantitative estimate of drug-likeness (QED) is 0.520. The van der Waals surface area contributed by atoms with E-state index < -0.39 is 16.1 Å². The maximum absolute atomic E-state index is 13.3. The summed E-state index contributed by atoms with van der Waals surface area (Å²) in [6, 6.07) is 8.34. The van der Waals surface area contributed by atoms with Crippen molar-refractivity contribution in [2.24, 2.45) is 0 Å². The molecule has 0 aliphatic carbocycles. The summed E-state index contributed by atoms with van der Waals surface area (Å²) < 4.78 is 34.9. The Balaban J connectivity index is 1.92. The lowest BCUT2D eigenvalue weighted by Crippen LogP contribution is -2.30. The molecule has 0 aromatic heterocycles. The van der Waals surface area contributed by atoms with Crippen molar-refractivity contribution < 1.29 is 17.9 Å². The van der Waals surface area contributed by atoms with Crippen LogP contribution in [0.1, 0.15) is 72.6 Å². The van der Waals surface area contributed by atoms with Crippen molar-refractivity contribution in [2.75, 3.05) is 26.5 Å². The molecule has 1 saturated heterocycles. The van der Waals surface area contributed by atoms with Gasteiger partial charge in [0.05, 0.1) is 17.6 Å². The molecule has 1 amide bonds. The number of hydrogen-bond donors (Lipinski definition) is 1. The Kier molecular flexibility index (Phi) is 8.13. The molecule has 0 saturated carbocycles. The van der Waals surface area contributed by atoms with Gasteiger partial charge in [-0.05, 0) is 85.9 Å². The van der Waals surface area contributed by atoms with E-state index >= 15 is 0 Å². The van der Waals surface area contributed by atoms with Gasteiger partial charge in [-0.15, -0.1) is 11.8 Å². The molecule has 1 aliphatic heterocycles. The highest BCUT2D eigenvalue weighted by Crippen LogP contribution is 2.33. The van der Waals surface area contributed by atoms with Crippen LogP contribution < -0.4 is 9.46 Å². The number of carbonyl (C=O) groups excluding carboxylic acids is 1. The number of methoxy groups -OCH3 is 1. The van der Waals surface area contributed by atoms with Crippen LogP contribution in [0.3, 0.4) is 0 Å². The Morgan fingerprint density at radius 1 is 1.09 bits per heavy atom. The fraction of sp³-hybridized carbons (Fsp3) is 0.480. The van der Waals surface area contributed by atoms with Crippen LogP contribution in [0.25, 0.3) is 0 Å². The molecule has 1 N–H and O–H groups in total. The zero-order chi connectivity index (χ0) is 24.3. The lowest BCUT2D eigenvalue weighted by molar-refractivity contribution is 0.0789. The number of carbonyl (C=O) groups is 1. The smallest absolute Gasteiger partial charge is 0.255 e. The van der Waals surface area contributed by atoms with Gasteiger partial charge in [0.2, 0.25) is 10.0 Å². The fourth-order valence-electron chi connectivity index (χ4n) is 4.29. The second-order valence-corrected chi connectivity index (χ2v) is 11.4. The molecule has 1 aliphatic rings. The van der Waals surface area contributed by atoms with Gasteiger partial charge in [-0.3, -0.25) is 4.79 Å². The second-order valence-electron chi connectivity index (χ2n) is 8.81. The van der Waals surface area contributed by atoms with E-state index in [0.717, 1.165) is 40.2 Å². The highest BCUT2D eigenvalue weighted by Gasteiger charge is 2.26. The van der Waals surface area contributed by atoms with Crippen LogP contribution in [0, 0.1) is 6.92 Å². The van der Waals surface area contributed by atoms with Crippen molar-refractivity contribution in [3.05, 3.63) is 52.6 Å². The normalized spacial score (nSPS) is 15.2. The molecule has 33 heavy (non-hydrogen) atoms. The largest absolute Gasteiger partial charge is 0.496 e. The Hall–Kier alpha value is -2.03. The fourth-order valence-corrected chi connectivity index (χ4v) is 6.11. The zero-order valence-electron chi connectivity index (χ0n) is 20.3. The summed E-state index contributed by atoms with van der Waals surface area (Å²) in [6.45, 7) is 9.38. The minimum Gasteiger partial charge on any atom is -0.496 e. The van der Waals surface area contributed by atoms with Crippen LogP contribution in [-0.2, 0) is 10.0 Å². The third-order valence-corrected chi connectivity index (χ3v) is 8.48. The first-order valence-corrected chi connectivity index (χ1v) is 14.0. The third kappa shape index (κ3) is 5.55. The molecule has 0 radical (unpaired) electrons. The van der Waals surface area contributed by atoms with Crippen molar-refractivity contribution >= 4 is 27.7 Å². The molecule has 1 atom stereocenters. The monoisotopic (exact) mass is 490 g/mol. The summed E-state index contributed by atoms with van der Waals surface area (Å²) in [5.41, 5.74) is 3.33. The van der Waals surface area contributed by atoms with Crippen molar-refractivity contribution in [1.29, 1.82) is 0 Å². The van der Waals surface area contributed by atoms with Gasteiger partial charge in [-0.25, -0.2) is 13.1 Å². The van der Waals surface area contributed by atoms with Gasteiger partial charge in [0.25, 0.3) is 5.91 Å². The first kappa shape index (κ1) is 25.6. The third-order valence-electron chi connectivity index (χ3n) is 6.14. The molecule has 0 bridgehead atoms. The first-order valence-electron chi connectivity index (χ1n) is 11.3. The minimum atomic E-state index is -3.84. The van der Waals surface area contributed by atoms with Crippen molar-refractivity contribution in [3.63, 3.8) is 0 Å². The van der Waals surface area contributed by atoms with Gasteiger partial charge in [0.15, 0.2) is 0 Å². The van der Waals surface area contributed by atoms with Crippen molar-refractivity contribution in [1.82, 2.24) is 9.62 Å². The number of sulfonamides is 1. The minimum absolute atomic E-state index is 0.102. The van der Waals surface area contributed by atoms with Gasteiger partial charge in [0.1, 0.15) is 5.75 Å². The lowest BCUT2D eigenvalue weighted by atomic mass is 9.94. The summed E-state index contributed by atoms with van der Waals surface area (Å²) in [4.78, 5) is 15.7. The Morgan fingerprint density at radius 2 is 1.76 bits per heavy atom. The van der Waals surface area contributed by atoms with Gasteiger partial charge in [-0.1, -0.05) is 13.8 Å². The molecule has 8 heteroatoms. The first-order chi connectivity index (χ1) is 15.6. The molecule has 6 nitrogen and oxygen atoms in total. The van der Waals surface area contributed by atoms with E-state index in [1.54, 1.807) is 24.1 Å². The molecule has 3 rings (SSSR count). The van der Waals surface area contributed by atoms with Gasteiger partial charge in [0, 0.05) is 24.0 Å². The van der Waals surface area contributed by atoms with E-state index in [4.69, 9.17) is 4.74 Å². The summed E-state index contributed by atoms with van der Waals surface area (Å²) in [7, 11) is -2.19. The number of benzene rings is 2. The number of thioether (sulfide) groups is 1. The highest BCUT2D eigenvalue weighted by atomic mass is 32.2. The SMILES string of the molecule is COc1cc(C)c([C@H](C)NS(=O)(=O)c2ccc(SC)c(C(=O)N3CCCC3)c2)cc1C(C)C. The molecule has 0 unspecified atom stereocenters. The summed E-state index contributed by atoms with van der Waals surface area (Å²) in [5.74, 6) is 0.940. The summed E-state index contributed by atoms with van der Waals surface area (Å²) in [6.07, 6.45) is 3.86. The highest BCUT2D eigenvalue weighted by molar-refractivity contribution is 7.98. The Labute approximate surface area is 202 Å². The molecule has 1 heterocycles. The number of aryl methyl sites for hydroxylation is 1. The van der Waals surface area contributed by atoms with E-state index in [9.17, 15) is 13.2 Å². The van der Waals surface area contributed by atoms with Crippen molar-refractivity contribution in [2.45, 2.75) is 62.3 Å². The maximum atomic E-state index is 13.3. The van der Waals surface area contributed by atoms with Crippen LogP contribution in [0.15, 0.2) is 40.1 Å². The average Bonchev–Trinajstić information content (AvgIpc) is 3.32. The van der Waals surface area contributed by atoms with Crippen LogP contribution in [0.5, 0.6) is 5.75 Å². The molecule has 2 aromatic rings. The number of nitrogens with zero attached hydrogens (tertiary/aromatic N) is 1. The van der Waals surface area contributed by atoms with Gasteiger partial charge < -0.3 is 9.64 Å². The topological polar surface area (TPSA) is 75.7 Å². The number of nitrogens with one attached hydrogen (secondary N) is 1. The lowest BCUT2D eigenvalue weighted by Gasteiger charge is -2.22. The van der Waals surface area contributed by atoms with Gasteiger partial charge >= 0.3 is 0 Å². The Bertz CT molecular complexity index is 1120. The van der Waals surface area contributed by atoms with E-state index in [1.807, 2.05) is 32.2 Å². The van der Waals surface area contributed by atoms with E-state index in [0.29, 0.717) is 18.7 Å². The van der Waals surface area contributed by atoms with Crippen LogP contribution >= 0.6 is 11.8 Å². The zero-order valence-corrected chi connectivity index (χ0v) is 21.9. The van der Waals surface area contributed by atoms with E-state index in [2.05, 4.69) is 18.6 Å². The van der Waals surface area contributed by atoms with Crippen LogP contribution in [-0.4, -0.2) is 45.7 Å². The van der Waals surface area contributed by atoms with Crippen molar-refractivity contribution in [3.8, 4) is 5.75 Å². The summed E-state index contributed by atoms with van der Waals surface area (Å²) >= 11 is 1.45. The number of likely N-dealkylation sites (tertiary alicyclic amines) is 1. The Morgan fingerprint density at radius 3 is 2.33 bits per heavy atom. The number of amides is 1. The maximum Gasteiger partial charge on any atom is 0.255 e. The summed E-state index contributed by atoms with van der Waals surface area (Å²) in [5, 5.41) is 0. The predicted molar refractivity (Wildman–Crippen MR) is 134 cm³/mol. The molecule has 180 valence electrons. The number of rotatable bonds is 8. The van der Waals surface area contributed by atoms with E-state index in [1.165, 1.54) is 17.8 Å². The molecule has 0 spiro atoms. The van der Waals surface area contributed by atoms with Crippen LogP contribution in [0.2, 0.25) is 0 Å². The second kappa shape index (κ2) is 10.5. The van der Waals surface area contributed by atoms with Crippen LogP contribution in [0.4, 0.5) is 0 Å². The standard InChI is InChI=1S/C25H34N2O4S2/c1-16(2)20-15-21(17(3)13-23(20)31-5)18(4)26-33(29,30)19-9-10-24(32-6)22(14-19)25(28)27-11-7-8-12-27/h9-10,13-16,18,26H,7-8,11-12H2,1-6H3/t18-/m0/s1. The number of hydrogen-bond acceptors (Lipinski definition) is 5. The average molecular weight is 491 g/mol. The molecule has 1 fully saturated rings.